The smallest absolute Gasteiger partial charge is 0.211 e. The summed E-state index contributed by atoms with van der Waals surface area (Å²) in [6.07, 6.45) is 4.73. The van der Waals surface area contributed by atoms with E-state index in [1.54, 1.807) is 24.7 Å². The number of carbonyl (C=O) groups is 1. The molecule has 4 fully saturated rings. The summed E-state index contributed by atoms with van der Waals surface area (Å²) in [7, 11) is 0. The molecule has 4 aliphatic carbocycles. The van der Waals surface area contributed by atoms with Crippen molar-refractivity contribution in [2.45, 2.75) is 83.1 Å². The number of hydrogen-bond donors (Lipinski definition) is 2. The highest BCUT2D eigenvalue weighted by Crippen LogP contribution is 2.70. The van der Waals surface area contributed by atoms with Crippen LogP contribution in [-0.2, 0) is 20.7 Å². The normalized spacial score (nSPS) is 43.6. The van der Waals surface area contributed by atoms with Crippen LogP contribution >= 0.6 is 27.3 Å². The summed E-state index contributed by atoms with van der Waals surface area (Å²) in [6.45, 7) is 6.94. The zero-order chi connectivity index (χ0) is 27.7. The average molecular weight is 623 g/mol. The Bertz CT molecular complexity index is 1410. The predicted molar refractivity (Wildman–Crippen MR) is 145 cm³/mol. The van der Waals surface area contributed by atoms with Crippen molar-refractivity contribution in [1.82, 2.24) is 14.8 Å². The Balaban J connectivity index is 1.28. The van der Waals surface area contributed by atoms with Crippen molar-refractivity contribution in [2.24, 2.45) is 28.6 Å². The molecule has 210 valence electrons. The van der Waals surface area contributed by atoms with Crippen molar-refractivity contribution in [3.63, 3.8) is 0 Å². The predicted octanol–water partition coefficient (Wildman–Crippen LogP) is 4.25. The molecule has 0 spiro atoms. The molecule has 2 aromatic rings. The summed E-state index contributed by atoms with van der Waals surface area (Å²) in [4.78, 5) is 17.8. The summed E-state index contributed by atoms with van der Waals surface area (Å²) in [6, 6.07) is 0. The van der Waals surface area contributed by atoms with E-state index in [1.807, 2.05) is 19.2 Å². The second-order valence-electron chi connectivity index (χ2n) is 13.0. The molecule has 11 heteroatoms. The number of aromatic nitrogens is 3. The maximum Gasteiger partial charge on any atom is 0.211 e. The van der Waals surface area contributed by atoms with Gasteiger partial charge in [-0.2, -0.15) is 5.10 Å². The molecule has 3 saturated carbocycles. The number of fused-ring (bicyclic) bond motifs is 8. The molecule has 39 heavy (non-hydrogen) atoms. The number of Topliss-reactive ketones (excluding diaryl/α,β-unsaturated/α-hetero) is 1. The van der Waals surface area contributed by atoms with Gasteiger partial charge in [0.05, 0.1) is 27.9 Å². The molecule has 0 aromatic carbocycles. The molecule has 9 atom stereocenters. The number of ether oxygens (including phenoxy) is 2. The van der Waals surface area contributed by atoms with E-state index in [0.717, 1.165) is 20.2 Å². The van der Waals surface area contributed by atoms with E-state index in [4.69, 9.17) is 14.6 Å². The van der Waals surface area contributed by atoms with Crippen molar-refractivity contribution in [2.75, 3.05) is 6.61 Å². The fraction of sp³-hybridized carbons (Fsp3) is 0.679. The Labute approximate surface area is 238 Å². The van der Waals surface area contributed by atoms with E-state index in [2.05, 4.69) is 27.8 Å². The van der Waals surface area contributed by atoms with E-state index in [9.17, 15) is 15.0 Å². The number of alkyl halides is 1. The maximum absolute atomic E-state index is 16.2. The fourth-order valence-corrected chi connectivity index (χ4v) is 10.5. The highest BCUT2D eigenvalue weighted by atomic mass is 79.9. The number of allylic oxidation sites excluding steroid dienone is 1. The number of thiazole rings is 1. The van der Waals surface area contributed by atoms with Crippen LogP contribution in [0.15, 0.2) is 21.8 Å². The lowest BCUT2D eigenvalue weighted by molar-refractivity contribution is -0.228. The topological polar surface area (TPSA) is 107 Å². The van der Waals surface area contributed by atoms with Gasteiger partial charge < -0.3 is 19.7 Å². The number of halogens is 2. The first-order chi connectivity index (χ1) is 18.3. The third kappa shape index (κ3) is 3.37. The van der Waals surface area contributed by atoms with Gasteiger partial charge in [0.2, 0.25) is 5.13 Å². The molecule has 0 bridgehead atoms. The molecule has 0 radical (unpaired) electrons. The van der Waals surface area contributed by atoms with Gasteiger partial charge in [-0.05, 0) is 90.4 Å². The van der Waals surface area contributed by atoms with Crippen LogP contribution in [0, 0.1) is 28.6 Å². The minimum atomic E-state index is -1.37. The van der Waals surface area contributed by atoms with Crippen molar-refractivity contribution in [1.29, 1.82) is 0 Å². The van der Waals surface area contributed by atoms with Gasteiger partial charge in [0.1, 0.15) is 12.8 Å². The number of aliphatic hydroxyl groups is 2. The van der Waals surface area contributed by atoms with Crippen molar-refractivity contribution >= 4 is 39.1 Å². The van der Waals surface area contributed by atoms with Crippen LogP contribution in [0.4, 0.5) is 4.39 Å². The number of carbonyl (C=O) groups excluding carboxylic acids is 1. The summed E-state index contributed by atoms with van der Waals surface area (Å²) < 4.78 is 31.5. The summed E-state index contributed by atoms with van der Waals surface area (Å²) in [5.41, 5.74) is -0.334. The van der Waals surface area contributed by atoms with Crippen molar-refractivity contribution in [3.8, 4) is 5.13 Å². The zero-order valence-electron chi connectivity index (χ0n) is 22.4. The second-order valence-corrected chi connectivity index (χ2v) is 15.4. The third-order valence-corrected chi connectivity index (χ3v) is 12.0. The minimum Gasteiger partial charge on any atom is -0.393 e. The van der Waals surface area contributed by atoms with E-state index in [1.165, 1.54) is 11.3 Å². The molecule has 1 aliphatic heterocycles. The zero-order valence-corrected chi connectivity index (χ0v) is 24.8. The number of rotatable bonds is 3. The summed E-state index contributed by atoms with van der Waals surface area (Å²) in [5, 5.41) is 27.3. The minimum absolute atomic E-state index is 0.101. The SMILES string of the molecule is CC1(C)O[C@@H]2C[C@H]3[C@@H]4C[C@H](F)C5=Cc6nn(-c7ncc(Br)s7)cc6C[C@]5(C)[C@H]4[C@@H](O)C[C@]3(C)[C@]2(C(=O)CO)O1. The lowest BCUT2D eigenvalue weighted by atomic mass is 9.45. The van der Waals surface area contributed by atoms with Gasteiger partial charge in [-0.3, -0.25) is 4.79 Å². The number of hydrogen-bond acceptors (Lipinski definition) is 8. The first-order valence-corrected chi connectivity index (χ1v) is 15.2. The van der Waals surface area contributed by atoms with E-state index < -0.39 is 53.0 Å². The molecular weight excluding hydrogens is 589 g/mol. The molecule has 7 rings (SSSR count). The number of aliphatic hydroxyl groups excluding tert-OH is 2. The summed E-state index contributed by atoms with van der Waals surface area (Å²) >= 11 is 4.92. The molecule has 3 heterocycles. The molecular formula is C28H33BrFN3O5S. The van der Waals surface area contributed by atoms with E-state index >= 15 is 4.39 Å². The van der Waals surface area contributed by atoms with Crippen LogP contribution in [0.3, 0.4) is 0 Å². The highest BCUT2D eigenvalue weighted by Gasteiger charge is 2.77. The first kappa shape index (κ1) is 26.4. The van der Waals surface area contributed by atoms with Crippen LogP contribution in [0.1, 0.15) is 58.2 Å². The van der Waals surface area contributed by atoms with Crippen LogP contribution in [0.25, 0.3) is 11.2 Å². The highest BCUT2D eigenvalue weighted by molar-refractivity contribution is 9.11. The Morgan fingerprint density at radius 2 is 2.08 bits per heavy atom. The monoisotopic (exact) mass is 621 g/mol. The molecule has 5 aliphatic rings. The molecule has 0 amide bonds. The van der Waals surface area contributed by atoms with Crippen molar-refractivity contribution in [3.05, 3.63) is 33.0 Å². The van der Waals surface area contributed by atoms with Crippen molar-refractivity contribution < 1.29 is 28.9 Å². The first-order valence-electron chi connectivity index (χ1n) is 13.6. The van der Waals surface area contributed by atoms with Crippen LogP contribution in [0.2, 0.25) is 0 Å². The molecule has 2 aromatic heterocycles. The molecule has 1 saturated heterocycles. The number of nitrogens with zero attached hydrogens (tertiary/aromatic N) is 3. The second kappa shape index (κ2) is 8.29. The lowest BCUT2D eigenvalue weighted by Crippen LogP contribution is -2.65. The fourth-order valence-electron chi connectivity index (χ4n) is 9.36. The van der Waals surface area contributed by atoms with Gasteiger partial charge in [0.15, 0.2) is 17.2 Å². The van der Waals surface area contributed by atoms with E-state index in [-0.39, 0.29) is 24.2 Å². The Kier molecular flexibility index (Phi) is 5.61. The molecule has 0 unspecified atom stereocenters. The maximum atomic E-state index is 16.2. The Morgan fingerprint density at radius 3 is 2.77 bits per heavy atom. The van der Waals surface area contributed by atoms with Gasteiger partial charge in [0, 0.05) is 17.0 Å². The Morgan fingerprint density at radius 1 is 1.31 bits per heavy atom. The largest absolute Gasteiger partial charge is 0.393 e. The summed E-state index contributed by atoms with van der Waals surface area (Å²) in [5.74, 6) is -1.89. The standard InChI is InChI=1S/C28H33BrFN3O5S/c1-25(2)37-21-7-15-14-5-17(30)16-6-18-13(11-33(32-18)24-31-10-22(29)39-24)8-26(16,3)23(14)19(35)9-27(15,4)28(21,38-25)20(36)12-34/h6,10-11,14-15,17,19,21,23,34-35H,5,7-9,12H2,1-4H3/t14-,15-,17-,19-,21+,23+,26-,27-,28+/m0/s1. The Hall–Kier alpha value is -1.50. The van der Waals surface area contributed by atoms with Crippen LogP contribution in [0.5, 0.6) is 0 Å². The molecule has 2 N–H and O–H groups in total. The van der Waals surface area contributed by atoms with Gasteiger partial charge in [-0.15, -0.1) is 0 Å². The van der Waals surface area contributed by atoms with Crippen LogP contribution < -0.4 is 0 Å². The van der Waals surface area contributed by atoms with Gasteiger partial charge >= 0.3 is 0 Å². The molecule has 8 nitrogen and oxygen atoms in total. The van der Waals surface area contributed by atoms with Gasteiger partial charge in [-0.25, -0.2) is 14.1 Å². The van der Waals surface area contributed by atoms with Gasteiger partial charge in [0.25, 0.3) is 0 Å². The number of ketones is 1. The third-order valence-electron chi connectivity index (χ3n) is 10.6. The lowest BCUT2D eigenvalue weighted by Gasteiger charge is -2.61. The average Bonchev–Trinajstić information content (AvgIpc) is 3.58. The van der Waals surface area contributed by atoms with Gasteiger partial charge in [-0.1, -0.05) is 25.2 Å². The quantitative estimate of drug-likeness (QED) is 0.527. The van der Waals surface area contributed by atoms with E-state index in [0.29, 0.717) is 24.8 Å². The van der Waals surface area contributed by atoms with Crippen LogP contribution in [-0.4, -0.2) is 67.1 Å².